The van der Waals surface area contributed by atoms with Crippen molar-refractivity contribution in [3.8, 4) is 0 Å². The number of halogens is 2. The van der Waals surface area contributed by atoms with Gasteiger partial charge < -0.3 is 5.32 Å². The van der Waals surface area contributed by atoms with E-state index >= 15 is 0 Å². The molecule has 0 aliphatic carbocycles. The Hall–Kier alpha value is 0.284. The van der Waals surface area contributed by atoms with Crippen molar-refractivity contribution < 1.29 is 9.47 Å². The third kappa shape index (κ3) is 18.1. The van der Waals surface area contributed by atoms with E-state index in [0.29, 0.717) is 9.47 Å². The van der Waals surface area contributed by atoms with E-state index in [1.165, 1.54) is 17.5 Å². The predicted octanol–water partition coefficient (Wildman–Crippen LogP) is 10.0. The van der Waals surface area contributed by atoms with Crippen LogP contribution in [0.2, 0.25) is 0 Å². The van der Waals surface area contributed by atoms with Gasteiger partial charge in [0.1, 0.15) is 0 Å². The maximum absolute atomic E-state index is 3.42. The fourth-order valence-electron chi connectivity index (χ4n) is 2.03. The summed E-state index contributed by atoms with van der Waals surface area (Å²) in [4.78, 5) is 0. The van der Waals surface area contributed by atoms with Crippen LogP contribution >= 0.6 is 40.0 Å². The Morgan fingerprint density at radius 3 is 1.33 bits per heavy atom. The molecule has 2 aromatic carbocycles. The number of aryl methyl sites for hydroxylation is 2. The van der Waals surface area contributed by atoms with Gasteiger partial charge in [-0.25, -0.2) is 0 Å². The molecular weight excluding hydrogens is 595 g/mol. The van der Waals surface area contributed by atoms with E-state index in [0.717, 1.165) is 24.2 Å². The molecule has 0 spiro atoms. The van der Waals surface area contributed by atoms with Crippen molar-refractivity contribution in [2.45, 2.75) is 75.7 Å². The summed E-state index contributed by atoms with van der Waals surface area (Å²) in [6, 6.07) is 17.3. The summed E-state index contributed by atoms with van der Waals surface area (Å²) >= 11 is 4.74. The van der Waals surface area contributed by atoms with Gasteiger partial charge >= 0.3 is 49.4 Å². The van der Waals surface area contributed by atoms with Crippen LogP contribution in [0.25, 0.3) is 0 Å². The third-order valence-electron chi connectivity index (χ3n) is 3.14. The van der Waals surface area contributed by atoms with Gasteiger partial charge in [0, 0.05) is 11.4 Å². The standard InChI is InChI=1S/C17H21N.2C2H6.2CH4.2HI.V/c1-3-5-15-8-12-17(13-9-15)18-16-10-6-14(4-2)7-11-16;2*1-2;;;;;/h6-13,18H,3-5H2,1-2H3;2*1-2H3;2*1H4;2*1H;/q;;;;;;;+2/p-2. The van der Waals surface area contributed by atoms with Crippen LogP contribution in [0.5, 0.6) is 0 Å². The molecule has 4 heteroatoms. The molecule has 1 N–H and O–H groups in total. The first kappa shape index (κ1) is 34.8. The Balaban J connectivity index is -0.000000262. The zero-order chi connectivity index (χ0) is 19.5. The summed E-state index contributed by atoms with van der Waals surface area (Å²) in [5, 5.41) is 3.42. The zero-order valence-corrected chi connectivity index (χ0v) is 22.2. The average Bonchev–Trinajstić information content (AvgIpc) is 2.68. The van der Waals surface area contributed by atoms with E-state index < -0.39 is 0 Å². The van der Waals surface area contributed by atoms with Crippen LogP contribution in [-0.2, 0) is 22.3 Å². The molecule has 2 rings (SSSR count). The topological polar surface area (TPSA) is 12.0 Å². The molecule has 0 aliphatic rings. The Kier molecular flexibility index (Phi) is 33.8. The van der Waals surface area contributed by atoms with E-state index in [-0.39, 0.29) is 14.9 Å². The first-order valence-electron chi connectivity index (χ1n) is 9.10. The van der Waals surface area contributed by atoms with Gasteiger partial charge in [-0.1, -0.05) is 87.1 Å². The Labute approximate surface area is 199 Å². The van der Waals surface area contributed by atoms with Crippen LogP contribution in [0.1, 0.15) is 73.9 Å². The number of hydrogen-bond donors (Lipinski definition) is 1. The molecule has 0 fully saturated rings. The summed E-state index contributed by atoms with van der Waals surface area (Å²) < 4.78 is 0. The molecule has 0 bridgehead atoms. The molecule has 0 saturated carbocycles. The third-order valence-corrected chi connectivity index (χ3v) is 3.14. The minimum atomic E-state index is 0. The van der Waals surface area contributed by atoms with E-state index in [1.807, 2.05) is 27.7 Å². The molecule has 0 aliphatic heterocycles. The van der Waals surface area contributed by atoms with Crippen LogP contribution in [0.4, 0.5) is 11.4 Å². The second kappa shape index (κ2) is 26.3. The number of rotatable bonds is 5. The average molecular weight is 636 g/mol. The first-order valence-corrected chi connectivity index (χ1v) is 18.1. The quantitative estimate of drug-likeness (QED) is 0.322. The molecule has 0 amide bonds. The van der Waals surface area contributed by atoms with Gasteiger partial charge in [-0.3, -0.25) is 0 Å². The number of nitrogens with one attached hydrogen (secondary N) is 1. The van der Waals surface area contributed by atoms with Crippen LogP contribution in [0.3, 0.4) is 0 Å². The summed E-state index contributed by atoms with van der Waals surface area (Å²) in [7, 11) is 0.628. The van der Waals surface area contributed by atoms with Gasteiger partial charge in [0.2, 0.25) is 0 Å². The molecular formula is C23H41I2NV. The summed E-state index contributed by atoms with van der Waals surface area (Å²) in [6.45, 7) is 12.4. The molecule has 0 heterocycles. The van der Waals surface area contributed by atoms with E-state index in [1.54, 1.807) is 0 Å². The van der Waals surface area contributed by atoms with Crippen molar-refractivity contribution >= 4 is 51.3 Å². The summed E-state index contributed by atoms with van der Waals surface area (Å²) in [6.07, 6.45) is 3.45. The molecule has 157 valence electrons. The molecule has 2 aromatic rings. The van der Waals surface area contributed by atoms with Crippen molar-refractivity contribution in [3.05, 3.63) is 59.7 Å². The molecule has 0 radical (unpaired) electrons. The van der Waals surface area contributed by atoms with Gasteiger partial charge in [0.15, 0.2) is 0 Å². The van der Waals surface area contributed by atoms with Crippen molar-refractivity contribution in [1.82, 2.24) is 0 Å². The van der Waals surface area contributed by atoms with Crippen LogP contribution < -0.4 is 5.32 Å². The normalized spacial score (nSPS) is 7.85. The molecule has 1 nitrogen and oxygen atoms in total. The van der Waals surface area contributed by atoms with Gasteiger partial charge in [0.05, 0.1) is 0 Å². The summed E-state index contributed by atoms with van der Waals surface area (Å²) in [5.41, 5.74) is 5.08. The van der Waals surface area contributed by atoms with Crippen molar-refractivity contribution in [2.75, 3.05) is 5.32 Å². The summed E-state index contributed by atoms with van der Waals surface area (Å²) in [5.74, 6) is 0. The van der Waals surface area contributed by atoms with Crippen LogP contribution in [0, 0.1) is 0 Å². The number of hydrogen-bond acceptors (Lipinski definition) is 1. The Morgan fingerprint density at radius 2 is 1.04 bits per heavy atom. The number of benzene rings is 2. The van der Waals surface area contributed by atoms with Crippen molar-refractivity contribution in [1.29, 1.82) is 0 Å². The fraction of sp³-hybridized carbons (Fsp3) is 0.478. The van der Waals surface area contributed by atoms with Gasteiger partial charge in [0.25, 0.3) is 0 Å². The fourth-order valence-corrected chi connectivity index (χ4v) is 2.03. The van der Waals surface area contributed by atoms with Gasteiger partial charge in [-0.15, -0.1) is 0 Å². The molecule has 27 heavy (non-hydrogen) atoms. The minimum absolute atomic E-state index is 0. The monoisotopic (exact) mass is 636 g/mol. The van der Waals surface area contributed by atoms with Gasteiger partial charge in [-0.05, 0) is 48.2 Å². The van der Waals surface area contributed by atoms with Crippen molar-refractivity contribution in [3.63, 3.8) is 0 Å². The maximum atomic E-state index is 3.42. The second-order valence-corrected chi connectivity index (χ2v) is 16.5. The first-order chi connectivity index (χ1) is 12.2. The second-order valence-electron chi connectivity index (χ2n) is 4.69. The van der Waals surface area contributed by atoms with Crippen LogP contribution in [0.15, 0.2) is 48.5 Å². The van der Waals surface area contributed by atoms with E-state index in [4.69, 9.17) is 0 Å². The molecule has 0 aromatic heterocycles. The van der Waals surface area contributed by atoms with E-state index in [9.17, 15) is 0 Å². The predicted molar refractivity (Wildman–Crippen MR) is 144 cm³/mol. The molecule has 0 atom stereocenters. The van der Waals surface area contributed by atoms with Crippen molar-refractivity contribution in [2.24, 2.45) is 0 Å². The zero-order valence-electron chi connectivity index (χ0n) is 16.4. The number of anilines is 2. The molecule has 0 saturated heterocycles. The Bertz CT molecular complexity index is 499. The Morgan fingerprint density at radius 1 is 0.704 bits per heavy atom. The molecule has 0 unspecified atom stereocenters. The van der Waals surface area contributed by atoms with Crippen LogP contribution in [-0.4, -0.2) is 0 Å². The van der Waals surface area contributed by atoms with Gasteiger partial charge in [-0.2, -0.15) is 0 Å². The van der Waals surface area contributed by atoms with E-state index in [2.05, 4.69) is 108 Å². The SMILES string of the molecule is C.C.CC.CC.CCCc1ccc(Nc2ccc(CC)cc2)cc1.[I][V][I].